The molecule has 0 radical (unpaired) electrons. The normalized spacial score (nSPS) is 14.9. The Kier molecular flexibility index (Phi) is 5.58. The topological polar surface area (TPSA) is 95.2 Å². The number of rotatable bonds is 4. The number of carbonyl (C=O) groups excluding carboxylic acids is 1. The summed E-state index contributed by atoms with van der Waals surface area (Å²) in [6, 6.07) is 7.34. The predicted molar refractivity (Wildman–Crippen MR) is 121 cm³/mol. The van der Waals surface area contributed by atoms with Crippen LogP contribution < -0.4 is 19.6 Å². The van der Waals surface area contributed by atoms with Crippen LogP contribution in [0.4, 0.5) is 13.2 Å². The fourth-order valence-corrected chi connectivity index (χ4v) is 4.40. The highest BCUT2D eigenvalue weighted by Crippen LogP contribution is 2.46. The average molecular weight is 498 g/mol. The number of phenolic OH excluding ortho intramolecular Hbond substituents is 1. The number of aromatic hydroxyl groups is 1. The molecule has 10 heteroatoms. The fourth-order valence-electron chi connectivity index (χ4n) is 4.40. The van der Waals surface area contributed by atoms with Gasteiger partial charge in [0.05, 0.1) is 26.2 Å². The second-order valence-electron chi connectivity index (χ2n) is 8.09. The monoisotopic (exact) mass is 498 g/mol. The number of methoxy groups -OCH3 is 2. The minimum absolute atomic E-state index is 0.0668. The lowest BCUT2D eigenvalue weighted by molar-refractivity contribution is -0.135. The highest BCUT2D eigenvalue weighted by Gasteiger charge is 2.34. The van der Waals surface area contributed by atoms with E-state index in [4.69, 9.17) is 18.6 Å². The van der Waals surface area contributed by atoms with Gasteiger partial charge in [0.2, 0.25) is 5.43 Å². The van der Waals surface area contributed by atoms with E-state index in [-0.39, 0.29) is 39.8 Å². The van der Waals surface area contributed by atoms with Crippen LogP contribution in [0.2, 0.25) is 0 Å². The molecule has 4 aromatic rings. The number of carbonyl (C=O) groups is 1. The number of benzene rings is 3. The lowest BCUT2D eigenvalue weighted by atomic mass is 9.84. The zero-order valence-electron chi connectivity index (χ0n) is 18.9. The van der Waals surface area contributed by atoms with Gasteiger partial charge in [-0.3, -0.25) is 9.59 Å². The van der Waals surface area contributed by atoms with Gasteiger partial charge in [-0.25, -0.2) is 13.2 Å². The van der Waals surface area contributed by atoms with Gasteiger partial charge in [-0.2, -0.15) is 0 Å². The van der Waals surface area contributed by atoms with E-state index in [1.807, 2.05) is 0 Å². The van der Waals surface area contributed by atoms with Gasteiger partial charge in [0, 0.05) is 17.5 Å². The molecule has 0 fully saturated rings. The highest BCUT2D eigenvalue weighted by molar-refractivity contribution is 5.94. The maximum absolute atomic E-state index is 14.0. The fraction of sp³-hybridized carbons (Fsp3) is 0.154. The third-order valence-electron chi connectivity index (χ3n) is 6.07. The summed E-state index contributed by atoms with van der Waals surface area (Å²) in [5.74, 6) is -6.19. The third kappa shape index (κ3) is 3.62. The number of esters is 1. The summed E-state index contributed by atoms with van der Waals surface area (Å²) in [5.41, 5.74) is -0.211. The Bertz CT molecular complexity index is 1590. The number of phenols is 1. The molecule has 2 heterocycles. The number of ether oxygens (including phenoxy) is 3. The molecule has 0 saturated carbocycles. The quantitative estimate of drug-likeness (QED) is 0.239. The van der Waals surface area contributed by atoms with E-state index < -0.39 is 40.5 Å². The van der Waals surface area contributed by atoms with Gasteiger partial charge in [0.1, 0.15) is 28.7 Å². The van der Waals surface area contributed by atoms with Crippen LogP contribution in [-0.2, 0) is 4.79 Å². The second kappa shape index (κ2) is 8.63. The van der Waals surface area contributed by atoms with E-state index in [0.717, 1.165) is 24.5 Å². The van der Waals surface area contributed by atoms with E-state index in [9.17, 15) is 27.9 Å². The van der Waals surface area contributed by atoms with Gasteiger partial charge in [0.15, 0.2) is 29.0 Å². The van der Waals surface area contributed by atoms with Crippen LogP contribution >= 0.6 is 0 Å². The van der Waals surface area contributed by atoms with Crippen LogP contribution in [0.25, 0.3) is 22.1 Å². The van der Waals surface area contributed by atoms with Crippen LogP contribution in [-0.4, -0.2) is 25.3 Å². The first kappa shape index (κ1) is 23.3. The predicted octanol–water partition coefficient (Wildman–Crippen LogP) is 5.04. The lowest BCUT2D eigenvalue weighted by Gasteiger charge is -2.26. The lowest BCUT2D eigenvalue weighted by Crippen LogP contribution is -2.22. The first-order chi connectivity index (χ1) is 17.2. The minimum atomic E-state index is -1.65. The van der Waals surface area contributed by atoms with Crippen LogP contribution in [0, 0.1) is 17.5 Å². The van der Waals surface area contributed by atoms with Crippen molar-refractivity contribution in [2.24, 2.45) is 0 Å². The maximum Gasteiger partial charge on any atom is 0.312 e. The average Bonchev–Trinajstić information content (AvgIpc) is 2.85. The molecule has 1 aromatic heterocycles. The molecule has 7 nitrogen and oxygen atoms in total. The van der Waals surface area contributed by atoms with Crippen molar-refractivity contribution >= 4 is 16.9 Å². The van der Waals surface area contributed by atoms with Gasteiger partial charge in [-0.1, -0.05) is 6.07 Å². The Morgan fingerprint density at radius 1 is 0.972 bits per heavy atom. The molecule has 0 saturated heterocycles. The summed E-state index contributed by atoms with van der Waals surface area (Å²) < 4.78 is 63.1. The molecular weight excluding hydrogens is 481 g/mol. The van der Waals surface area contributed by atoms with Crippen LogP contribution in [0.3, 0.4) is 0 Å². The van der Waals surface area contributed by atoms with Gasteiger partial charge in [-0.05, 0) is 35.4 Å². The number of hydrogen-bond acceptors (Lipinski definition) is 7. The van der Waals surface area contributed by atoms with E-state index in [0.29, 0.717) is 17.1 Å². The number of fused-ring (bicyclic) bond motifs is 3. The van der Waals surface area contributed by atoms with Crippen molar-refractivity contribution in [2.75, 3.05) is 14.2 Å². The van der Waals surface area contributed by atoms with Crippen molar-refractivity contribution in [1.29, 1.82) is 0 Å². The molecule has 1 aliphatic rings. The molecule has 0 spiro atoms. The largest absolute Gasteiger partial charge is 0.507 e. The van der Waals surface area contributed by atoms with E-state index >= 15 is 0 Å². The summed E-state index contributed by atoms with van der Waals surface area (Å²) in [5, 5.41) is 10.4. The van der Waals surface area contributed by atoms with Gasteiger partial charge >= 0.3 is 5.97 Å². The van der Waals surface area contributed by atoms with E-state index in [1.165, 1.54) is 14.2 Å². The smallest absolute Gasteiger partial charge is 0.312 e. The van der Waals surface area contributed by atoms with Gasteiger partial charge < -0.3 is 23.7 Å². The minimum Gasteiger partial charge on any atom is -0.507 e. The highest BCUT2D eigenvalue weighted by atomic mass is 19.2. The van der Waals surface area contributed by atoms with Crippen molar-refractivity contribution in [1.82, 2.24) is 0 Å². The Labute approximate surface area is 201 Å². The van der Waals surface area contributed by atoms with Crippen LogP contribution in [0.5, 0.6) is 23.0 Å². The first-order valence-corrected chi connectivity index (χ1v) is 10.6. The Morgan fingerprint density at radius 3 is 2.33 bits per heavy atom. The summed E-state index contributed by atoms with van der Waals surface area (Å²) in [6.45, 7) is 0. The number of halogens is 3. The maximum atomic E-state index is 14.0. The molecule has 1 atom stereocenters. The van der Waals surface area contributed by atoms with Crippen molar-refractivity contribution in [3.05, 3.63) is 81.5 Å². The molecule has 184 valence electrons. The molecule has 1 N–H and O–H groups in total. The van der Waals surface area contributed by atoms with Crippen molar-refractivity contribution in [3.8, 4) is 34.1 Å². The zero-order chi connectivity index (χ0) is 25.7. The van der Waals surface area contributed by atoms with Crippen LogP contribution in [0.1, 0.15) is 23.5 Å². The van der Waals surface area contributed by atoms with Crippen molar-refractivity contribution in [3.63, 3.8) is 0 Å². The summed E-state index contributed by atoms with van der Waals surface area (Å²) >= 11 is 0. The Morgan fingerprint density at radius 2 is 1.67 bits per heavy atom. The molecule has 0 unspecified atom stereocenters. The van der Waals surface area contributed by atoms with Crippen molar-refractivity contribution < 1.29 is 41.7 Å². The molecule has 3 aromatic carbocycles. The van der Waals surface area contributed by atoms with Crippen LogP contribution in [0.15, 0.2) is 51.9 Å². The van der Waals surface area contributed by atoms with Crippen molar-refractivity contribution in [2.45, 2.75) is 12.3 Å². The molecule has 0 aliphatic carbocycles. The first-order valence-electron chi connectivity index (χ1n) is 10.6. The zero-order valence-corrected chi connectivity index (χ0v) is 18.9. The molecule has 0 amide bonds. The van der Waals surface area contributed by atoms with E-state index in [1.54, 1.807) is 18.2 Å². The molecule has 1 aliphatic heterocycles. The van der Waals surface area contributed by atoms with Gasteiger partial charge in [-0.15, -0.1) is 0 Å². The van der Waals surface area contributed by atoms with E-state index in [2.05, 4.69) is 0 Å². The SMILES string of the molecule is COc1ccc(-c2coc3c4c(cc(O)c3c2=O)OC(=O)C[C@H]4c2cc(F)c(F)c(F)c2)cc1OC. The molecule has 5 rings (SSSR count). The standard InChI is InChI=1S/C26H17F3O7/c1-33-18-4-3-11(7-19(18)34-2)14-10-35-26-22-13(12-5-15(27)24(29)16(28)6-12)8-21(31)36-20(22)9-17(30)23(26)25(14)32/h3-7,9-10,13,30H,8H2,1-2H3/t13-/m0/s1. The number of hydrogen-bond donors (Lipinski definition) is 1. The third-order valence-corrected chi connectivity index (χ3v) is 6.07. The Balaban J connectivity index is 1.75. The Hall–Kier alpha value is -4.47. The van der Waals surface area contributed by atoms with Gasteiger partial charge in [0.25, 0.3) is 0 Å². The second-order valence-corrected chi connectivity index (χ2v) is 8.09. The molecular formula is C26H17F3O7. The summed E-state index contributed by atoms with van der Waals surface area (Å²) in [7, 11) is 2.90. The molecule has 0 bridgehead atoms. The summed E-state index contributed by atoms with van der Waals surface area (Å²) in [4.78, 5) is 25.7. The molecule has 36 heavy (non-hydrogen) atoms. The summed E-state index contributed by atoms with van der Waals surface area (Å²) in [6.07, 6.45) is 0.795.